The van der Waals surface area contributed by atoms with E-state index in [1.54, 1.807) is 0 Å². The van der Waals surface area contributed by atoms with Crippen LogP contribution in [0.1, 0.15) is 115 Å². The monoisotopic (exact) mass is 590 g/mol. The highest BCUT2D eigenvalue weighted by atomic mass is 16.5. The number of carboxylic acid groups (broad SMARTS) is 1. The summed E-state index contributed by atoms with van der Waals surface area (Å²) in [6, 6.07) is 15.9. The number of amides is 1. The lowest BCUT2D eigenvalue weighted by molar-refractivity contribution is -0.142. The summed E-state index contributed by atoms with van der Waals surface area (Å²) in [6.45, 7) is 3.24. The number of hydrogen-bond acceptors (Lipinski definition) is 6. The number of carbonyl (C=O) groups is 2. The number of carboxylic acids is 1. The molecule has 1 heterocycles. The Bertz CT molecular complexity index is 1150. The highest BCUT2D eigenvalue weighted by Crippen LogP contribution is 2.24. The molecule has 0 spiro atoms. The van der Waals surface area contributed by atoms with Crippen LogP contribution in [0.5, 0.6) is 5.75 Å². The fourth-order valence-electron chi connectivity index (χ4n) is 5.30. The van der Waals surface area contributed by atoms with Crippen molar-refractivity contribution in [1.29, 1.82) is 0 Å². The van der Waals surface area contributed by atoms with Crippen molar-refractivity contribution in [1.82, 2.24) is 5.32 Å². The molecule has 1 aliphatic heterocycles. The van der Waals surface area contributed by atoms with E-state index in [0.717, 1.165) is 61.3 Å². The van der Waals surface area contributed by atoms with E-state index >= 15 is 0 Å². The van der Waals surface area contributed by atoms with Crippen LogP contribution in [0, 0.1) is 0 Å². The number of ether oxygens (including phenoxy) is 1. The Morgan fingerprint density at radius 1 is 0.767 bits per heavy atom. The zero-order valence-electron chi connectivity index (χ0n) is 25.9. The average molecular weight is 591 g/mol. The molecule has 43 heavy (non-hydrogen) atoms. The number of benzene rings is 2. The predicted octanol–water partition coefficient (Wildman–Crippen LogP) is 8.73. The second-order valence-electron chi connectivity index (χ2n) is 11.5. The predicted molar refractivity (Wildman–Crippen MR) is 173 cm³/mol. The average Bonchev–Trinajstić information content (AvgIpc) is 3.56. The van der Waals surface area contributed by atoms with Crippen molar-refractivity contribution in [2.24, 2.45) is 15.4 Å². The minimum absolute atomic E-state index is 0.137. The fourth-order valence-corrected chi connectivity index (χ4v) is 5.30. The summed E-state index contributed by atoms with van der Waals surface area (Å²) in [7, 11) is 0. The first-order valence-corrected chi connectivity index (χ1v) is 16.4. The van der Waals surface area contributed by atoms with Crippen LogP contribution in [0.2, 0.25) is 0 Å². The molecule has 3 rings (SSSR count). The first kappa shape index (κ1) is 33.9. The van der Waals surface area contributed by atoms with Gasteiger partial charge in [-0.05, 0) is 53.3 Å². The van der Waals surface area contributed by atoms with Gasteiger partial charge in [0.1, 0.15) is 18.3 Å². The minimum atomic E-state index is -0.942. The molecule has 1 atom stereocenters. The van der Waals surface area contributed by atoms with Gasteiger partial charge in [0.15, 0.2) is 0 Å². The van der Waals surface area contributed by atoms with Crippen LogP contribution in [0.25, 0.3) is 11.1 Å². The van der Waals surface area contributed by atoms with Crippen molar-refractivity contribution in [3.8, 4) is 16.9 Å². The summed E-state index contributed by atoms with van der Waals surface area (Å²) in [6.07, 6.45) is 17.2. The first-order valence-electron chi connectivity index (χ1n) is 16.4. The molecular formula is C35H50N4O4. The summed E-state index contributed by atoms with van der Waals surface area (Å²) in [5, 5.41) is 23.4. The smallest absolute Gasteiger partial charge is 0.326 e. The minimum Gasteiger partial charge on any atom is -0.494 e. The Labute approximate surface area is 257 Å². The molecule has 2 aromatic carbocycles. The van der Waals surface area contributed by atoms with Gasteiger partial charge in [0.05, 0.1) is 12.3 Å². The normalized spacial score (nSPS) is 13.1. The van der Waals surface area contributed by atoms with Crippen LogP contribution >= 0.6 is 0 Å². The van der Waals surface area contributed by atoms with E-state index in [2.05, 4.69) is 57.2 Å². The van der Waals surface area contributed by atoms with Crippen molar-refractivity contribution in [2.45, 2.75) is 116 Å². The number of nitrogens with zero attached hydrogens (tertiary/aromatic N) is 3. The lowest BCUT2D eigenvalue weighted by Crippen LogP contribution is -2.40. The highest BCUT2D eigenvalue weighted by Gasteiger charge is 2.18. The van der Waals surface area contributed by atoms with Crippen molar-refractivity contribution in [2.75, 3.05) is 13.2 Å². The Kier molecular flexibility index (Phi) is 16.1. The summed E-state index contributed by atoms with van der Waals surface area (Å²) in [5.74, 6) is -0.157. The third-order valence-electron chi connectivity index (χ3n) is 7.88. The van der Waals surface area contributed by atoms with Crippen LogP contribution in [0.3, 0.4) is 0 Å². The van der Waals surface area contributed by atoms with Gasteiger partial charge in [-0.15, -0.1) is 5.10 Å². The van der Waals surface area contributed by atoms with Crippen LogP contribution < -0.4 is 10.1 Å². The zero-order chi connectivity index (χ0) is 30.5. The van der Waals surface area contributed by atoms with E-state index in [1.807, 2.05) is 19.1 Å². The molecule has 234 valence electrons. The van der Waals surface area contributed by atoms with Crippen LogP contribution in [-0.2, 0) is 9.59 Å². The van der Waals surface area contributed by atoms with Gasteiger partial charge in [-0.3, -0.25) is 4.79 Å². The van der Waals surface area contributed by atoms with Crippen molar-refractivity contribution < 1.29 is 19.4 Å². The number of nitrogens with one attached hydrogen (secondary N) is 1. The first-order chi connectivity index (χ1) is 21.1. The molecule has 0 fully saturated rings. The summed E-state index contributed by atoms with van der Waals surface area (Å²) in [4.78, 5) is 23.1. The van der Waals surface area contributed by atoms with E-state index in [9.17, 15) is 9.59 Å². The topological polar surface area (TPSA) is 113 Å². The van der Waals surface area contributed by atoms with Gasteiger partial charge in [-0.1, -0.05) is 120 Å². The zero-order valence-corrected chi connectivity index (χ0v) is 25.9. The molecule has 0 aliphatic carbocycles. The van der Waals surface area contributed by atoms with Gasteiger partial charge in [0.25, 0.3) is 0 Å². The van der Waals surface area contributed by atoms with Crippen molar-refractivity contribution in [3.63, 3.8) is 0 Å². The fraction of sp³-hybridized carbons (Fsp3) is 0.571. The molecule has 1 amide bonds. The van der Waals surface area contributed by atoms with E-state index in [4.69, 9.17) is 9.84 Å². The third-order valence-corrected chi connectivity index (χ3v) is 7.88. The van der Waals surface area contributed by atoms with Gasteiger partial charge >= 0.3 is 5.97 Å². The Hall–Kier alpha value is -3.55. The maximum Gasteiger partial charge on any atom is 0.326 e. The third kappa shape index (κ3) is 13.5. The van der Waals surface area contributed by atoms with Gasteiger partial charge < -0.3 is 15.2 Å². The van der Waals surface area contributed by atoms with Crippen LogP contribution in [0.15, 0.2) is 64.0 Å². The second-order valence-corrected chi connectivity index (χ2v) is 11.5. The maximum atomic E-state index is 11.9. The van der Waals surface area contributed by atoms with Gasteiger partial charge in [-0.2, -0.15) is 5.11 Å². The molecule has 8 nitrogen and oxygen atoms in total. The lowest BCUT2D eigenvalue weighted by atomic mass is 10.0. The number of hydrogen-bond donors (Lipinski definition) is 2. The Morgan fingerprint density at radius 3 is 1.79 bits per heavy atom. The van der Waals surface area contributed by atoms with Crippen LogP contribution in [-0.4, -0.2) is 41.9 Å². The number of carbonyl (C=O) groups excluding carboxylic acids is 1. The number of aliphatic carboxylic acids is 1. The standard InChI is InChI=1S/C35H50N4O4/c1-2-16-32(35(41)42)37-34(40)17-14-12-10-8-6-4-3-5-7-9-11-13-15-26-43-31-24-22-29(23-25-31)28-18-20-30(21-19-28)33-27-36-39-38-33/h18-25,32H,2-17,26-27H2,1H3,(H,37,40)(H,41,42). The molecule has 2 aromatic rings. The highest BCUT2D eigenvalue weighted by molar-refractivity contribution is 6.02. The number of unbranched alkanes of at least 4 members (excludes halogenated alkanes) is 12. The largest absolute Gasteiger partial charge is 0.494 e. The summed E-state index contributed by atoms with van der Waals surface area (Å²) < 4.78 is 5.96. The van der Waals surface area contributed by atoms with Gasteiger partial charge in [0.2, 0.25) is 5.91 Å². The van der Waals surface area contributed by atoms with Gasteiger partial charge in [-0.25, -0.2) is 4.79 Å². The summed E-state index contributed by atoms with van der Waals surface area (Å²) in [5.41, 5.74) is 4.31. The van der Waals surface area contributed by atoms with E-state index in [0.29, 0.717) is 19.4 Å². The number of rotatable bonds is 23. The quantitative estimate of drug-likeness (QED) is 0.126. The Morgan fingerprint density at radius 2 is 1.28 bits per heavy atom. The molecule has 8 heteroatoms. The van der Waals surface area contributed by atoms with Crippen molar-refractivity contribution in [3.05, 3.63) is 54.1 Å². The molecule has 0 aromatic heterocycles. The Balaban J connectivity index is 1.10. The maximum absolute atomic E-state index is 11.9. The van der Waals surface area contributed by atoms with E-state index in [-0.39, 0.29) is 5.91 Å². The van der Waals surface area contributed by atoms with Crippen molar-refractivity contribution >= 4 is 17.6 Å². The second kappa shape index (κ2) is 20.4. The molecule has 0 saturated carbocycles. The SMILES string of the molecule is CCCC(NC(=O)CCCCCCCCCCCCCCCOc1ccc(-c2ccc(C3=NN=NC3)cc2)cc1)C(=O)O. The molecule has 0 saturated heterocycles. The molecule has 0 radical (unpaired) electrons. The van der Waals surface area contributed by atoms with Gasteiger partial charge in [0, 0.05) is 6.42 Å². The molecule has 1 aliphatic rings. The molecule has 1 unspecified atom stereocenters. The van der Waals surface area contributed by atoms with Crippen LogP contribution in [0.4, 0.5) is 0 Å². The van der Waals surface area contributed by atoms with E-state index in [1.165, 1.54) is 63.4 Å². The molecule has 2 N–H and O–H groups in total. The molecular weight excluding hydrogens is 540 g/mol. The molecule has 0 bridgehead atoms. The summed E-state index contributed by atoms with van der Waals surface area (Å²) >= 11 is 0. The lowest BCUT2D eigenvalue weighted by Gasteiger charge is -2.13. The van der Waals surface area contributed by atoms with E-state index < -0.39 is 12.0 Å².